The Balaban J connectivity index is 4.09. The summed E-state index contributed by atoms with van der Waals surface area (Å²) in [6.07, 6.45) is 0.353. The van der Waals surface area contributed by atoms with Crippen molar-refractivity contribution in [2.75, 3.05) is 0 Å². The molecule has 0 saturated heterocycles. The zero-order valence-corrected chi connectivity index (χ0v) is 7.82. The summed E-state index contributed by atoms with van der Waals surface area (Å²) in [5, 5.41) is 10.7. The van der Waals surface area contributed by atoms with E-state index in [2.05, 4.69) is 5.32 Å². The number of rotatable bonds is 7. The van der Waals surface area contributed by atoms with Crippen LogP contribution in [0, 0.1) is 0 Å². The Labute approximate surface area is 82.9 Å². The van der Waals surface area contributed by atoms with Crippen molar-refractivity contribution in [2.24, 2.45) is 5.73 Å². The molecule has 4 N–H and O–H groups in total. The summed E-state index contributed by atoms with van der Waals surface area (Å²) in [5.74, 6) is -1.59. The third-order valence-electron chi connectivity index (χ3n) is 1.54. The number of aliphatic carboxylic acids is 1. The van der Waals surface area contributed by atoms with Crippen molar-refractivity contribution in [2.45, 2.75) is 31.8 Å². The van der Waals surface area contributed by atoms with Crippen LogP contribution in [-0.2, 0) is 14.4 Å². The second-order valence-electron chi connectivity index (χ2n) is 2.92. The van der Waals surface area contributed by atoms with E-state index in [1.54, 1.807) is 0 Å². The average molecular weight is 203 g/mol. The van der Waals surface area contributed by atoms with Crippen molar-refractivity contribution in [1.29, 1.82) is 0 Å². The van der Waals surface area contributed by atoms with E-state index in [1.807, 2.05) is 5.73 Å². The molecule has 0 aromatic rings. The first-order chi connectivity index (χ1) is 7.01. The molecule has 0 radical (unpaired) electrons. The van der Waals surface area contributed by atoms with E-state index in [-0.39, 0.29) is 12.8 Å². The minimum Gasteiger partial charge on any atom is -0.481 e. The predicted octanol–water partition coefficient (Wildman–Crippen LogP) is -1.12. The van der Waals surface area contributed by atoms with Gasteiger partial charge in [0.2, 0.25) is 5.91 Å². The number of carbonyl (C=O) groups excluding carboxylic acids is 2. The first-order valence-corrected chi connectivity index (χ1v) is 4.16. The molecule has 0 aromatic carbocycles. The van der Waals surface area contributed by atoms with Gasteiger partial charge in [-0.05, 0) is 13.3 Å². The fourth-order valence-corrected chi connectivity index (χ4v) is 0.758. The smallest absolute Gasteiger partial charge is 0.303 e. The van der Waals surface area contributed by atoms with Crippen LogP contribution in [0.4, 0.5) is 0 Å². The lowest BCUT2D eigenvalue weighted by Crippen LogP contribution is -2.45. The van der Waals surface area contributed by atoms with Crippen LogP contribution < -0.4 is 11.0 Å². The Kier molecular flexibility index (Phi) is 4.63. The summed E-state index contributed by atoms with van der Waals surface area (Å²) < 4.78 is 6.84. The van der Waals surface area contributed by atoms with Crippen LogP contribution in [0.25, 0.3) is 0 Å². The van der Waals surface area contributed by atoms with E-state index < -0.39 is 24.0 Å². The minimum absolute atomic E-state index is 0.0102. The largest absolute Gasteiger partial charge is 0.481 e. The van der Waals surface area contributed by atoms with Crippen LogP contribution in [0.15, 0.2) is 0 Å². The van der Waals surface area contributed by atoms with Crippen LogP contribution >= 0.6 is 0 Å². The number of carboxylic acid groups (broad SMARTS) is 1. The average Bonchev–Trinajstić information content (AvgIpc) is 2.18. The monoisotopic (exact) mass is 203 g/mol. The molecule has 80 valence electrons. The maximum atomic E-state index is 11.3. The first kappa shape index (κ1) is 10.6. The molecule has 0 bridgehead atoms. The molecule has 1 amide bonds. The third kappa shape index (κ3) is 5.26. The lowest BCUT2D eigenvalue weighted by Gasteiger charge is -2.12. The van der Waals surface area contributed by atoms with Crippen molar-refractivity contribution >= 4 is 18.2 Å². The molecule has 0 aliphatic heterocycles. The highest BCUT2D eigenvalue weighted by Gasteiger charge is 2.16. The number of aldehydes is 1. The van der Waals surface area contributed by atoms with Gasteiger partial charge in [0, 0.05) is 6.42 Å². The van der Waals surface area contributed by atoms with Gasteiger partial charge in [-0.15, -0.1) is 0 Å². The van der Waals surface area contributed by atoms with Gasteiger partial charge in [0.25, 0.3) is 0 Å². The first-order valence-electron chi connectivity index (χ1n) is 4.66. The molecule has 14 heavy (non-hydrogen) atoms. The van der Waals surface area contributed by atoms with Crippen molar-refractivity contribution in [3.63, 3.8) is 0 Å². The number of hydrogen-bond donors (Lipinski definition) is 3. The highest BCUT2D eigenvalue weighted by molar-refractivity contribution is 5.84. The standard InChI is InChI=1S/C8H14N2O4/c1-5(4-11)10-8(14)6(9)2-3-7(12)13/h4-6H,2-3,9H2,1H3,(H,10,14)(H,12,13)/t5-,6+/m0/s1/i/hD. The highest BCUT2D eigenvalue weighted by atomic mass is 16.4. The molecule has 0 aromatic heterocycles. The number of amides is 1. The number of nitrogens with one attached hydrogen (secondary N) is 1. The van der Waals surface area contributed by atoms with Gasteiger partial charge < -0.3 is 20.9 Å². The van der Waals surface area contributed by atoms with Gasteiger partial charge in [-0.3, -0.25) is 9.59 Å². The van der Waals surface area contributed by atoms with E-state index >= 15 is 0 Å². The molecule has 6 nitrogen and oxygen atoms in total. The minimum atomic E-state index is -1.04. The van der Waals surface area contributed by atoms with Crippen LogP contribution in [0.5, 0.6) is 0 Å². The van der Waals surface area contributed by atoms with Gasteiger partial charge >= 0.3 is 5.97 Å². The quantitative estimate of drug-likeness (QED) is 0.454. The second kappa shape index (κ2) is 6.09. The molecule has 0 aliphatic carbocycles. The number of carbonyl (C=O) groups is 3. The molecule has 0 saturated carbocycles. The maximum Gasteiger partial charge on any atom is 0.303 e. The zero-order valence-electron chi connectivity index (χ0n) is 8.82. The molecule has 0 aliphatic rings. The lowest BCUT2D eigenvalue weighted by atomic mass is 10.1. The summed E-state index contributed by atoms with van der Waals surface area (Å²) in [7, 11) is 0. The zero-order chi connectivity index (χ0) is 11.8. The molecule has 0 unspecified atom stereocenters. The molecular weight excluding hydrogens is 188 g/mol. The van der Waals surface area contributed by atoms with Crippen LogP contribution in [0.2, 0.25) is 1.41 Å². The fourth-order valence-electron chi connectivity index (χ4n) is 0.758. The fraction of sp³-hybridized carbons (Fsp3) is 0.625. The van der Waals surface area contributed by atoms with Gasteiger partial charge in [0.05, 0.1) is 12.1 Å². The van der Waals surface area contributed by atoms with Crippen LogP contribution in [0.3, 0.4) is 0 Å². The molecule has 6 heteroatoms. The Bertz CT molecular complexity index is 247. The maximum absolute atomic E-state index is 11.3. The number of carboxylic acids is 1. The van der Waals surface area contributed by atoms with Crippen molar-refractivity contribution in [3.05, 3.63) is 0 Å². The Morgan fingerprint density at radius 3 is 2.79 bits per heavy atom. The predicted molar refractivity (Wildman–Crippen MR) is 48.5 cm³/mol. The molecular formula is C8H14N2O4. The van der Waals surface area contributed by atoms with E-state index in [1.165, 1.54) is 6.92 Å². The van der Waals surface area contributed by atoms with Crippen molar-refractivity contribution in [1.82, 2.24) is 5.32 Å². The number of nitrogens with two attached hydrogens (primary N) is 1. The van der Waals surface area contributed by atoms with Gasteiger partial charge in [0.1, 0.15) is 7.70 Å². The summed E-state index contributed by atoms with van der Waals surface area (Å²) in [5.41, 5.74) is 1.95. The van der Waals surface area contributed by atoms with Gasteiger partial charge in [-0.1, -0.05) is 0 Å². The van der Waals surface area contributed by atoms with Crippen molar-refractivity contribution < 1.29 is 20.9 Å². The SMILES string of the molecule is [2H]N[C@H](CCC(=O)O)C(=O)N[C@@H](C)C=O. The van der Waals surface area contributed by atoms with Crippen LogP contribution in [0.1, 0.15) is 19.8 Å². The molecule has 0 spiro atoms. The van der Waals surface area contributed by atoms with Gasteiger partial charge in [-0.2, -0.15) is 0 Å². The highest BCUT2D eigenvalue weighted by Crippen LogP contribution is 1.95. The van der Waals surface area contributed by atoms with E-state index in [4.69, 9.17) is 6.52 Å². The molecule has 2 atom stereocenters. The van der Waals surface area contributed by atoms with Crippen molar-refractivity contribution in [3.8, 4) is 0 Å². The summed E-state index contributed by atoms with van der Waals surface area (Å²) in [6.45, 7) is 1.49. The second-order valence-corrected chi connectivity index (χ2v) is 2.92. The molecule has 0 rings (SSSR count). The van der Waals surface area contributed by atoms with E-state index in [0.29, 0.717) is 6.29 Å². The third-order valence-corrected chi connectivity index (χ3v) is 1.54. The summed E-state index contributed by atoms with van der Waals surface area (Å²) >= 11 is 0. The van der Waals surface area contributed by atoms with E-state index in [9.17, 15) is 14.4 Å². The Morgan fingerprint density at radius 1 is 1.71 bits per heavy atom. The topological polar surface area (TPSA) is 109 Å². The van der Waals surface area contributed by atoms with E-state index in [0.717, 1.165) is 0 Å². The lowest BCUT2D eigenvalue weighted by molar-refractivity contribution is -0.137. The van der Waals surface area contributed by atoms with Gasteiger partial charge in [0.15, 0.2) is 0 Å². The number of hydrogen-bond acceptors (Lipinski definition) is 4. The van der Waals surface area contributed by atoms with Crippen LogP contribution in [-0.4, -0.2) is 35.4 Å². The Hall–Kier alpha value is -1.43. The Morgan fingerprint density at radius 2 is 2.36 bits per heavy atom. The van der Waals surface area contributed by atoms with Gasteiger partial charge in [-0.25, -0.2) is 0 Å². The normalized spacial score (nSPS) is 15.1. The molecule has 0 heterocycles. The summed E-state index contributed by atoms with van der Waals surface area (Å²) in [4.78, 5) is 31.8. The summed E-state index contributed by atoms with van der Waals surface area (Å²) in [6, 6.07) is -1.55. The molecule has 0 fully saturated rings.